The van der Waals surface area contributed by atoms with Gasteiger partial charge in [0.05, 0.1) is 0 Å². The average molecular weight is 128 g/mol. The SMILES string of the molecule is Cc1cc(OF)ncn1. The predicted molar refractivity (Wildman–Crippen MR) is 28.5 cm³/mol. The molecule has 0 aromatic carbocycles. The molecule has 3 nitrogen and oxygen atoms in total. The van der Waals surface area contributed by atoms with E-state index in [2.05, 4.69) is 14.9 Å². The third-order valence-corrected chi connectivity index (χ3v) is 0.858. The van der Waals surface area contributed by atoms with E-state index in [9.17, 15) is 4.53 Å². The quantitative estimate of drug-likeness (QED) is 0.567. The van der Waals surface area contributed by atoms with Crippen molar-refractivity contribution in [3.05, 3.63) is 18.1 Å². The van der Waals surface area contributed by atoms with E-state index >= 15 is 0 Å². The second kappa shape index (κ2) is 2.39. The van der Waals surface area contributed by atoms with E-state index in [0.717, 1.165) is 0 Å². The van der Waals surface area contributed by atoms with Crippen LogP contribution in [0.15, 0.2) is 12.4 Å². The molecule has 0 saturated heterocycles. The lowest BCUT2D eigenvalue weighted by Gasteiger charge is -1.90. The normalized spacial score (nSPS) is 9.11. The largest absolute Gasteiger partial charge is 0.273 e. The van der Waals surface area contributed by atoms with Gasteiger partial charge in [0.15, 0.2) is 0 Å². The lowest BCUT2D eigenvalue weighted by Crippen LogP contribution is -1.85. The minimum absolute atomic E-state index is 0.0532. The summed E-state index contributed by atoms with van der Waals surface area (Å²) in [5.74, 6) is -0.0532. The smallest absolute Gasteiger partial charge is 0.266 e. The highest BCUT2D eigenvalue weighted by atomic mass is 19.3. The van der Waals surface area contributed by atoms with E-state index in [1.807, 2.05) is 0 Å². The molecule has 1 heterocycles. The fraction of sp³-hybridized carbons (Fsp3) is 0.200. The zero-order valence-electron chi connectivity index (χ0n) is 4.84. The van der Waals surface area contributed by atoms with Gasteiger partial charge in [-0.05, 0) is 6.92 Å². The van der Waals surface area contributed by atoms with Gasteiger partial charge in [0.2, 0.25) is 0 Å². The van der Waals surface area contributed by atoms with Crippen LogP contribution in [0.1, 0.15) is 5.69 Å². The molecule has 0 spiro atoms. The molecule has 0 N–H and O–H groups in total. The number of hydrogen-bond donors (Lipinski definition) is 0. The molecule has 0 bridgehead atoms. The van der Waals surface area contributed by atoms with Gasteiger partial charge in [-0.3, -0.25) is 4.94 Å². The van der Waals surface area contributed by atoms with Gasteiger partial charge in [-0.25, -0.2) is 4.98 Å². The summed E-state index contributed by atoms with van der Waals surface area (Å²) in [7, 11) is 0. The van der Waals surface area contributed by atoms with Crippen molar-refractivity contribution in [3.8, 4) is 5.88 Å². The second-order valence-corrected chi connectivity index (χ2v) is 1.57. The Balaban J connectivity index is 2.94. The van der Waals surface area contributed by atoms with Gasteiger partial charge >= 0.3 is 0 Å². The molecule has 0 saturated carbocycles. The number of hydrogen-bond acceptors (Lipinski definition) is 3. The standard InChI is InChI=1S/C5H5FN2O/c1-4-2-5(9-6)8-3-7-4/h2-3H,1H3. The Morgan fingerprint density at radius 3 is 2.78 bits per heavy atom. The highest BCUT2D eigenvalue weighted by Crippen LogP contribution is 2.04. The first-order chi connectivity index (χ1) is 4.33. The minimum atomic E-state index is -0.0532. The zero-order chi connectivity index (χ0) is 6.69. The Morgan fingerprint density at radius 2 is 2.33 bits per heavy atom. The lowest BCUT2D eigenvalue weighted by molar-refractivity contribution is -0.0121. The molecular formula is C5H5FN2O. The Morgan fingerprint density at radius 1 is 1.56 bits per heavy atom. The Hall–Kier alpha value is -1.19. The topological polar surface area (TPSA) is 35.0 Å². The van der Waals surface area contributed by atoms with Crippen LogP contribution in [0.4, 0.5) is 4.53 Å². The van der Waals surface area contributed by atoms with Crippen LogP contribution in [0.25, 0.3) is 0 Å². The van der Waals surface area contributed by atoms with Crippen LogP contribution in [0.2, 0.25) is 0 Å². The Labute approximate surface area is 51.4 Å². The van der Waals surface area contributed by atoms with Crippen molar-refractivity contribution < 1.29 is 9.47 Å². The third-order valence-electron chi connectivity index (χ3n) is 0.858. The predicted octanol–water partition coefficient (Wildman–Crippen LogP) is 1.05. The number of aromatic nitrogens is 2. The number of halogens is 1. The van der Waals surface area contributed by atoms with Crippen molar-refractivity contribution in [1.29, 1.82) is 0 Å². The first-order valence-electron chi connectivity index (χ1n) is 2.40. The van der Waals surface area contributed by atoms with E-state index in [1.165, 1.54) is 12.4 Å². The molecule has 0 aliphatic rings. The molecule has 1 aromatic rings. The molecule has 1 aromatic heterocycles. The third kappa shape index (κ3) is 1.35. The van der Waals surface area contributed by atoms with Gasteiger partial charge in [0.1, 0.15) is 6.33 Å². The fourth-order valence-corrected chi connectivity index (χ4v) is 0.472. The van der Waals surface area contributed by atoms with Crippen LogP contribution >= 0.6 is 0 Å². The van der Waals surface area contributed by atoms with E-state index in [-0.39, 0.29) is 5.88 Å². The summed E-state index contributed by atoms with van der Waals surface area (Å²) in [6, 6.07) is 1.40. The number of nitrogens with zero attached hydrogens (tertiary/aromatic N) is 2. The highest BCUT2D eigenvalue weighted by molar-refractivity contribution is 5.10. The van der Waals surface area contributed by atoms with Crippen LogP contribution < -0.4 is 4.94 Å². The zero-order valence-corrected chi connectivity index (χ0v) is 4.84. The first-order valence-corrected chi connectivity index (χ1v) is 2.40. The van der Waals surface area contributed by atoms with Gasteiger partial charge in [-0.15, -0.1) is 0 Å². The highest BCUT2D eigenvalue weighted by Gasteiger charge is 1.92. The maximum Gasteiger partial charge on any atom is 0.266 e. The molecule has 0 fully saturated rings. The molecule has 4 heteroatoms. The molecule has 1 rings (SSSR count). The number of aryl methyl sites for hydroxylation is 1. The monoisotopic (exact) mass is 128 g/mol. The van der Waals surface area contributed by atoms with Gasteiger partial charge in [0, 0.05) is 16.3 Å². The summed E-state index contributed by atoms with van der Waals surface area (Å²) >= 11 is 0. The fourth-order valence-electron chi connectivity index (χ4n) is 0.472. The van der Waals surface area contributed by atoms with Crippen molar-refractivity contribution in [2.45, 2.75) is 6.92 Å². The van der Waals surface area contributed by atoms with Crippen LogP contribution in [0.3, 0.4) is 0 Å². The van der Waals surface area contributed by atoms with Crippen molar-refractivity contribution in [3.63, 3.8) is 0 Å². The molecule has 0 radical (unpaired) electrons. The summed E-state index contributed by atoms with van der Waals surface area (Å²) in [5.41, 5.74) is 0.678. The Bertz CT molecular complexity index is 204. The Kier molecular flexibility index (Phi) is 1.58. The van der Waals surface area contributed by atoms with E-state index in [4.69, 9.17) is 0 Å². The molecule has 0 unspecified atom stereocenters. The van der Waals surface area contributed by atoms with Crippen LogP contribution in [0.5, 0.6) is 5.88 Å². The second-order valence-electron chi connectivity index (χ2n) is 1.57. The molecular weight excluding hydrogens is 123 g/mol. The van der Waals surface area contributed by atoms with E-state index < -0.39 is 0 Å². The summed E-state index contributed by atoms with van der Waals surface area (Å²) in [4.78, 5) is 10.5. The average Bonchev–Trinajstić information content (AvgIpc) is 1.88. The maximum atomic E-state index is 11.3. The summed E-state index contributed by atoms with van der Waals surface area (Å²) < 4.78 is 11.3. The molecule has 0 aliphatic carbocycles. The van der Waals surface area contributed by atoms with Gasteiger partial charge in [0.25, 0.3) is 5.88 Å². The summed E-state index contributed by atoms with van der Waals surface area (Å²) in [6.45, 7) is 1.73. The van der Waals surface area contributed by atoms with E-state index in [1.54, 1.807) is 6.92 Å². The molecule has 0 amide bonds. The van der Waals surface area contributed by atoms with Crippen molar-refractivity contribution in [2.24, 2.45) is 0 Å². The summed E-state index contributed by atoms with van der Waals surface area (Å²) in [6.07, 6.45) is 1.24. The van der Waals surface area contributed by atoms with Crippen molar-refractivity contribution >= 4 is 0 Å². The van der Waals surface area contributed by atoms with E-state index in [0.29, 0.717) is 5.69 Å². The summed E-state index contributed by atoms with van der Waals surface area (Å²) in [5, 5.41) is 0. The van der Waals surface area contributed by atoms with Crippen LogP contribution in [0, 0.1) is 6.92 Å². The maximum absolute atomic E-state index is 11.3. The van der Waals surface area contributed by atoms with Gasteiger partial charge < -0.3 is 0 Å². The van der Waals surface area contributed by atoms with Crippen LogP contribution in [-0.4, -0.2) is 9.97 Å². The van der Waals surface area contributed by atoms with Crippen molar-refractivity contribution in [1.82, 2.24) is 9.97 Å². The molecule has 9 heavy (non-hydrogen) atoms. The number of rotatable bonds is 1. The van der Waals surface area contributed by atoms with Gasteiger partial charge in [-0.1, -0.05) is 0 Å². The molecule has 0 atom stereocenters. The minimum Gasteiger partial charge on any atom is -0.273 e. The molecule has 0 aliphatic heterocycles. The first kappa shape index (κ1) is 5.94. The molecule has 48 valence electrons. The lowest BCUT2D eigenvalue weighted by atomic mass is 10.4. The van der Waals surface area contributed by atoms with Crippen molar-refractivity contribution in [2.75, 3.05) is 0 Å². The van der Waals surface area contributed by atoms with Crippen LogP contribution in [-0.2, 0) is 0 Å². The van der Waals surface area contributed by atoms with Gasteiger partial charge in [-0.2, -0.15) is 4.98 Å².